The Bertz CT molecular complexity index is 1380. The molecule has 3 aromatic carbocycles. The summed E-state index contributed by atoms with van der Waals surface area (Å²) < 4.78 is 35.0. The van der Waals surface area contributed by atoms with Crippen LogP contribution in [0.25, 0.3) is 0 Å². The second-order valence-electron chi connectivity index (χ2n) is 10.4. The highest BCUT2D eigenvalue weighted by molar-refractivity contribution is 7.89. The van der Waals surface area contributed by atoms with Gasteiger partial charge in [-0.3, -0.25) is 0 Å². The number of rotatable bonds is 6. The lowest BCUT2D eigenvalue weighted by Gasteiger charge is -2.38. The SMILES string of the molecule is O=S(=O)(c1ccc2c(c1)C1C=CCC1C(c1ccccc1OCc1ccccc1)N2)N1CCCCCC1. The predicted molar refractivity (Wildman–Crippen MR) is 147 cm³/mol. The molecule has 0 bridgehead atoms. The number of para-hydroxylation sites is 1. The summed E-state index contributed by atoms with van der Waals surface area (Å²) in [4.78, 5) is 0.416. The molecule has 0 spiro atoms. The number of ether oxygens (including phenoxy) is 1. The molecule has 6 rings (SSSR count). The van der Waals surface area contributed by atoms with E-state index in [0.29, 0.717) is 30.5 Å². The van der Waals surface area contributed by atoms with Crippen molar-refractivity contribution >= 4 is 15.7 Å². The number of anilines is 1. The zero-order valence-corrected chi connectivity index (χ0v) is 21.9. The van der Waals surface area contributed by atoms with Crippen LogP contribution in [-0.4, -0.2) is 25.8 Å². The molecule has 1 aliphatic carbocycles. The van der Waals surface area contributed by atoms with Gasteiger partial charge >= 0.3 is 0 Å². The van der Waals surface area contributed by atoms with E-state index in [1.165, 1.54) is 0 Å². The molecule has 1 N–H and O–H groups in total. The maximum atomic E-state index is 13.5. The van der Waals surface area contributed by atoms with Crippen LogP contribution in [-0.2, 0) is 16.6 Å². The molecule has 6 heteroatoms. The Balaban J connectivity index is 1.30. The van der Waals surface area contributed by atoms with Crippen molar-refractivity contribution in [1.29, 1.82) is 0 Å². The lowest BCUT2D eigenvalue weighted by molar-refractivity contribution is 0.296. The van der Waals surface area contributed by atoms with E-state index in [2.05, 4.69) is 41.7 Å². The molecule has 3 unspecified atom stereocenters. The molecule has 37 heavy (non-hydrogen) atoms. The van der Waals surface area contributed by atoms with Crippen LogP contribution in [0.5, 0.6) is 5.75 Å². The minimum absolute atomic E-state index is 0.0764. The van der Waals surface area contributed by atoms with Crippen molar-refractivity contribution in [2.45, 2.75) is 55.6 Å². The van der Waals surface area contributed by atoms with Crippen LogP contribution in [0.15, 0.2) is 89.8 Å². The zero-order valence-electron chi connectivity index (χ0n) is 21.1. The van der Waals surface area contributed by atoms with Gasteiger partial charge in [-0.05, 0) is 60.6 Å². The van der Waals surface area contributed by atoms with E-state index in [1.807, 2.05) is 42.5 Å². The summed E-state index contributed by atoms with van der Waals surface area (Å²) in [7, 11) is -3.49. The van der Waals surface area contributed by atoms with Gasteiger partial charge in [0.1, 0.15) is 12.4 Å². The number of nitrogens with zero attached hydrogens (tertiary/aromatic N) is 1. The molecule has 1 fully saturated rings. The van der Waals surface area contributed by atoms with E-state index in [4.69, 9.17) is 4.74 Å². The topological polar surface area (TPSA) is 58.6 Å². The van der Waals surface area contributed by atoms with E-state index < -0.39 is 10.0 Å². The Morgan fingerprint density at radius 2 is 1.62 bits per heavy atom. The van der Waals surface area contributed by atoms with E-state index in [1.54, 1.807) is 10.4 Å². The van der Waals surface area contributed by atoms with Gasteiger partial charge in [0.15, 0.2) is 0 Å². The Kier molecular flexibility index (Phi) is 6.78. The fraction of sp³-hybridized carbons (Fsp3) is 0.355. The molecule has 1 saturated heterocycles. The van der Waals surface area contributed by atoms with E-state index in [-0.39, 0.29) is 12.0 Å². The maximum absolute atomic E-state index is 13.5. The van der Waals surface area contributed by atoms with Gasteiger partial charge in [0.05, 0.1) is 10.9 Å². The van der Waals surface area contributed by atoms with Gasteiger partial charge < -0.3 is 10.1 Å². The summed E-state index contributed by atoms with van der Waals surface area (Å²) in [6, 6.07) is 24.2. The minimum Gasteiger partial charge on any atom is -0.489 e. The van der Waals surface area contributed by atoms with Gasteiger partial charge in [-0.25, -0.2) is 8.42 Å². The summed E-state index contributed by atoms with van der Waals surface area (Å²) in [6.07, 6.45) is 9.52. The normalized spacial score (nSPS) is 23.5. The molecular weight excluding hydrogens is 480 g/mol. The molecule has 3 aromatic rings. The summed E-state index contributed by atoms with van der Waals surface area (Å²) in [6.45, 7) is 1.75. The lowest BCUT2D eigenvalue weighted by atomic mass is 9.77. The molecular formula is C31H34N2O3S. The molecule has 0 aromatic heterocycles. The van der Waals surface area contributed by atoms with Crippen LogP contribution in [0, 0.1) is 5.92 Å². The number of fused-ring (bicyclic) bond motifs is 3. The summed E-state index contributed by atoms with van der Waals surface area (Å²) >= 11 is 0. The number of hydrogen-bond acceptors (Lipinski definition) is 4. The molecule has 2 heterocycles. The second-order valence-corrected chi connectivity index (χ2v) is 12.3. The third-order valence-electron chi connectivity index (χ3n) is 8.03. The first-order valence-electron chi connectivity index (χ1n) is 13.4. The Morgan fingerprint density at radius 1 is 0.865 bits per heavy atom. The van der Waals surface area contributed by atoms with E-state index in [9.17, 15) is 8.42 Å². The molecule has 3 atom stereocenters. The second kappa shape index (κ2) is 10.3. The van der Waals surface area contributed by atoms with Crippen LogP contribution in [0.1, 0.15) is 60.8 Å². The van der Waals surface area contributed by atoms with E-state index >= 15 is 0 Å². The fourth-order valence-electron chi connectivity index (χ4n) is 6.08. The van der Waals surface area contributed by atoms with Gasteiger partial charge in [0.2, 0.25) is 10.0 Å². The smallest absolute Gasteiger partial charge is 0.243 e. The maximum Gasteiger partial charge on any atom is 0.243 e. The molecule has 5 nitrogen and oxygen atoms in total. The molecule has 3 aliphatic rings. The average Bonchev–Trinajstić information content (AvgIpc) is 3.26. The standard InChI is InChI=1S/C31H34N2O3S/c34-37(35,33-19-8-1-2-9-20-33)24-17-18-29-28(21-24)25-14-10-15-26(25)31(32-29)27-13-6-7-16-30(27)36-22-23-11-4-3-5-12-23/h3-7,10-14,16-18,21,25-26,31-32H,1-2,8-9,15,19-20,22H2. The number of sulfonamides is 1. The average molecular weight is 515 g/mol. The van der Waals surface area contributed by atoms with Crippen molar-refractivity contribution in [3.05, 3.63) is 102 Å². The van der Waals surface area contributed by atoms with Gasteiger partial charge in [-0.1, -0.05) is 73.5 Å². The first-order valence-corrected chi connectivity index (χ1v) is 14.9. The van der Waals surface area contributed by atoms with E-state index in [0.717, 1.165) is 60.2 Å². The first kappa shape index (κ1) is 24.3. The van der Waals surface area contributed by atoms with Crippen molar-refractivity contribution in [2.24, 2.45) is 5.92 Å². The summed E-state index contributed by atoms with van der Waals surface area (Å²) in [5.74, 6) is 1.35. The highest BCUT2D eigenvalue weighted by Gasteiger charge is 2.40. The number of nitrogens with one attached hydrogen (secondary N) is 1. The van der Waals surface area contributed by atoms with Gasteiger partial charge in [-0.2, -0.15) is 4.31 Å². The van der Waals surface area contributed by atoms with Crippen molar-refractivity contribution in [3.63, 3.8) is 0 Å². The van der Waals surface area contributed by atoms with Gasteiger partial charge in [0, 0.05) is 30.3 Å². The van der Waals surface area contributed by atoms with Crippen LogP contribution in [0.3, 0.4) is 0 Å². The molecule has 0 radical (unpaired) electrons. The van der Waals surface area contributed by atoms with Crippen molar-refractivity contribution < 1.29 is 13.2 Å². The molecule has 2 aliphatic heterocycles. The minimum atomic E-state index is -3.49. The van der Waals surface area contributed by atoms with Crippen molar-refractivity contribution in [3.8, 4) is 5.75 Å². The Labute approximate surface area is 220 Å². The van der Waals surface area contributed by atoms with Gasteiger partial charge in [-0.15, -0.1) is 0 Å². The number of benzene rings is 3. The highest BCUT2D eigenvalue weighted by atomic mass is 32.2. The third kappa shape index (κ3) is 4.80. The Morgan fingerprint density at radius 3 is 2.43 bits per heavy atom. The van der Waals surface area contributed by atoms with Crippen LogP contribution >= 0.6 is 0 Å². The summed E-state index contributed by atoms with van der Waals surface area (Å²) in [5.41, 5.74) is 4.36. The first-order chi connectivity index (χ1) is 18.1. The zero-order chi connectivity index (χ0) is 25.2. The third-order valence-corrected chi connectivity index (χ3v) is 9.92. The van der Waals surface area contributed by atoms with Crippen LogP contribution in [0.4, 0.5) is 5.69 Å². The fourth-order valence-corrected chi connectivity index (χ4v) is 7.63. The highest BCUT2D eigenvalue weighted by Crippen LogP contribution is 2.51. The van der Waals surface area contributed by atoms with Crippen molar-refractivity contribution in [1.82, 2.24) is 4.31 Å². The predicted octanol–water partition coefficient (Wildman–Crippen LogP) is 6.66. The lowest BCUT2D eigenvalue weighted by Crippen LogP contribution is -2.33. The summed E-state index contributed by atoms with van der Waals surface area (Å²) in [5, 5.41) is 3.76. The largest absolute Gasteiger partial charge is 0.489 e. The van der Waals surface area contributed by atoms with Crippen LogP contribution in [0.2, 0.25) is 0 Å². The number of hydrogen-bond donors (Lipinski definition) is 1. The van der Waals surface area contributed by atoms with Gasteiger partial charge in [0.25, 0.3) is 0 Å². The Hall–Kier alpha value is -3.09. The monoisotopic (exact) mass is 514 g/mol. The molecule has 0 saturated carbocycles. The number of allylic oxidation sites excluding steroid dienone is 2. The quantitative estimate of drug-likeness (QED) is 0.374. The van der Waals surface area contributed by atoms with Crippen LogP contribution < -0.4 is 10.1 Å². The molecule has 192 valence electrons. The molecule has 0 amide bonds. The van der Waals surface area contributed by atoms with Crippen molar-refractivity contribution in [2.75, 3.05) is 18.4 Å².